The minimum absolute atomic E-state index is 0.109. The molecule has 0 atom stereocenters. The molecule has 1 fully saturated rings. The lowest BCUT2D eigenvalue weighted by Gasteiger charge is -2.06. The van der Waals surface area contributed by atoms with Crippen molar-refractivity contribution in [3.63, 3.8) is 0 Å². The third-order valence-electron chi connectivity index (χ3n) is 3.28. The molecule has 3 rings (SSSR count). The van der Waals surface area contributed by atoms with Crippen molar-refractivity contribution in [1.82, 2.24) is 9.88 Å². The van der Waals surface area contributed by atoms with Crippen LogP contribution in [-0.2, 0) is 11.3 Å². The number of carbonyl (C=O) groups excluding carboxylic acids is 1. The monoisotopic (exact) mass is 228 g/mol. The van der Waals surface area contributed by atoms with Gasteiger partial charge in [0.15, 0.2) is 0 Å². The van der Waals surface area contributed by atoms with E-state index in [4.69, 9.17) is 0 Å². The fraction of sp³-hybridized carbons (Fsp3) is 0.357. The van der Waals surface area contributed by atoms with Gasteiger partial charge in [-0.05, 0) is 36.3 Å². The van der Waals surface area contributed by atoms with Gasteiger partial charge < -0.3 is 9.88 Å². The van der Waals surface area contributed by atoms with E-state index in [1.165, 1.54) is 18.2 Å². The van der Waals surface area contributed by atoms with E-state index in [-0.39, 0.29) is 5.91 Å². The van der Waals surface area contributed by atoms with Crippen molar-refractivity contribution in [2.45, 2.75) is 19.4 Å². The van der Waals surface area contributed by atoms with Gasteiger partial charge in [0.25, 0.3) is 0 Å². The van der Waals surface area contributed by atoms with E-state index in [1.807, 2.05) is 35.0 Å². The first-order valence-corrected chi connectivity index (χ1v) is 6.13. The summed E-state index contributed by atoms with van der Waals surface area (Å²) in [6.07, 6.45) is 4.51. The number of hydrogen-bond donors (Lipinski definition) is 1. The Balaban J connectivity index is 1.68. The van der Waals surface area contributed by atoms with Crippen molar-refractivity contribution in [2.75, 3.05) is 6.54 Å². The van der Waals surface area contributed by atoms with Crippen LogP contribution in [-0.4, -0.2) is 17.0 Å². The van der Waals surface area contributed by atoms with Gasteiger partial charge >= 0.3 is 0 Å². The molecule has 0 radical (unpaired) electrons. The van der Waals surface area contributed by atoms with Crippen LogP contribution in [0.4, 0.5) is 0 Å². The number of benzene rings is 1. The molecule has 1 amide bonds. The third kappa shape index (κ3) is 2.33. The quantitative estimate of drug-likeness (QED) is 0.855. The SMILES string of the molecule is O=C(Cn1ccc2ccccc21)NCC1CC1. The summed E-state index contributed by atoms with van der Waals surface area (Å²) in [5.74, 6) is 0.846. The van der Waals surface area contributed by atoms with Gasteiger partial charge in [-0.3, -0.25) is 4.79 Å². The Morgan fingerprint density at radius 3 is 2.94 bits per heavy atom. The van der Waals surface area contributed by atoms with Gasteiger partial charge in [-0.1, -0.05) is 18.2 Å². The van der Waals surface area contributed by atoms with Gasteiger partial charge in [0.2, 0.25) is 5.91 Å². The zero-order valence-corrected chi connectivity index (χ0v) is 9.73. The lowest BCUT2D eigenvalue weighted by molar-refractivity contribution is -0.121. The normalized spacial score (nSPS) is 15.1. The van der Waals surface area contributed by atoms with Gasteiger partial charge in [0.05, 0.1) is 0 Å². The summed E-state index contributed by atoms with van der Waals surface area (Å²) in [4.78, 5) is 11.8. The van der Waals surface area contributed by atoms with Crippen LogP contribution in [0.15, 0.2) is 36.5 Å². The Morgan fingerprint density at radius 2 is 2.12 bits per heavy atom. The topological polar surface area (TPSA) is 34.0 Å². The number of nitrogens with one attached hydrogen (secondary N) is 1. The summed E-state index contributed by atoms with van der Waals surface area (Å²) in [7, 11) is 0. The van der Waals surface area contributed by atoms with Crippen molar-refractivity contribution in [3.8, 4) is 0 Å². The summed E-state index contributed by atoms with van der Waals surface area (Å²) < 4.78 is 2.00. The number of fused-ring (bicyclic) bond motifs is 1. The molecule has 1 N–H and O–H groups in total. The zero-order chi connectivity index (χ0) is 11.7. The summed E-state index contributed by atoms with van der Waals surface area (Å²) >= 11 is 0. The fourth-order valence-corrected chi connectivity index (χ4v) is 2.07. The smallest absolute Gasteiger partial charge is 0.239 e. The molecule has 0 bridgehead atoms. The van der Waals surface area contributed by atoms with Crippen molar-refractivity contribution in [2.24, 2.45) is 5.92 Å². The summed E-state index contributed by atoms with van der Waals surface area (Å²) in [6.45, 7) is 1.26. The Hall–Kier alpha value is -1.77. The van der Waals surface area contributed by atoms with E-state index in [2.05, 4.69) is 11.4 Å². The molecule has 88 valence electrons. The van der Waals surface area contributed by atoms with Crippen molar-refractivity contribution < 1.29 is 4.79 Å². The van der Waals surface area contributed by atoms with Crippen LogP contribution in [0, 0.1) is 5.92 Å². The number of hydrogen-bond acceptors (Lipinski definition) is 1. The first-order chi connectivity index (χ1) is 8.33. The number of amides is 1. The standard InChI is InChI=1S/C14H16N2O/c17-14(15-9-11-5-6-11)10-16-8-7-12-3-1-2-4-13(12)16/h1-4,7-8,11H,5-6,9-10H2,(H,15,17). The van der Waals surface area contributed by atoms with Gasteiger partial charge in [0.1, 0.15) is 6.54 Å². The zero-order valence-electron chi connectivity index (χ0n) is 9.73. The second kappa shape index (κ2) is 4.24. The molecule has 1 aromatic heterocycles. The third-order valence-corrected chi connectivity index (χ3v) is 3.28. The largest absolute Gasteiger partial charge is 0.354 e. The molecule has 0 unspecified atom stereocenters. The van der Waals surface area contributed by atoms with Crippen LogP contribution in [0.5, 0.6) is 0 Å². The molecular formula is C14H16N2O. The Morgan fingerprint density at radius 1 is 1.29 bits per heavy atom. The van der Waals surface area contributed by atoms with Crippen LogP contribution in [0.3, 0.4) is 0 Å². The van der Waals surface area contributed by atoms with E-state index in [0.29, 0.717) is 6.54 Å². The minimum atomic E-state index is 0.109. The molecule has 1 aromatic carbocycles. The number of nitrogens with zero attached hydrogens (tertiary/aromatic N) is 1. The number of para-hydroxylation sites is 1. The molecule has 1 heterocycles. The summed E-state index contributed by atoms with van der Waals surface area (Å²) in [5, 5.41) is 4.17. The number of carbonyl (C=O) groups is 1. The Labute approximate surface area is 100 Å². The number of aromatic nitrogens is 1. The van der Waals surface area contributed by atoms with E-state index >= 15 is 0 Å². The van der Waals surface area contributed by atoms with E-state index in [0.717, 1.165) is 18.0 Å². The van der Waals surface area contributed by atoms with E-state index in [9.17, 15) is 4.79 Å². The molecule has 2 aromatic rings. The molecule has 3 nitrogen and oxygen atoms in total. The summed E-state index contributed by atoms with van der Waals surface area (Å²) in [6, 6.07) is 10.2. The second-order valence-electron chi connectivity index (χ2n) is 4.75. The second-order valence-corrected chi connectivity index (χ2v) is 4.75. The highest BCUT2D eigenvalue weighted by molar-refractivity contribution is 5.83. The Bertz CT molecular complexity index is 540. The maximum absolute atomic E-state index is 11.8. The molecular weight excluding hydrogens is 212 g/mol. The summed E-state index contributed by atoms with van der Waals surface area (Å²) in [5.41, 5.74) is 1.12. The van der Waals surface area contributed by atoms with Crippen LogP contribution in [0.1, 0.15) is 12.8 Å². The minimum Gasteiger partial charge on any atom is -0.354 e. The lowest BCUT2D eigenvalue weighted by atomic mass is 10.2. The van der Waals surface area contributed by atoms with Crippen LogP contribution < -0.4 is 5.32 Å². The molecule has 0 spiro atoms. The molecule has 1 aliphatic rings. The maximum atomic E-state index is 11.8. The first kappa shape index (κ1) is 10.4. The number of rotatable bonds is 4. The Kier molecular flexibility index (Phi) is 2.59. The van der Waals surface area contributed by atoms with Crippen molar-refractivity contribution in [3.05, 3.63) is 36.5 Å². The van der Waals surface area contributed by atoms with Gasteiger partial charge in [0, 0.05) is 18.3 Å². The van der Waals surface area contributed by atoms with Gasteiger partial charge in [-0.25, -0.2) is 0 Å². The molecule has 1 aliphatic carbocycles. The van der Waals surface area contributed by atoms with Crippen molar-refractivity contribution >= 4 is 16.8 Å². The molecule has 1 saturated carbocycles. The highest BCUT2D eigenvalue weighted by atomic mass is 16.1. The van der Waals surface area contributed by atoms with Gasteiger partial charge in [-0.15, -0.1) is 0 Å². The van der Waals surface area contributed by atoms with Crippen LogP contribution in [0.25, 0.3) is 10.9 Å². The highest BCUT2D eigenvalue weighted by Gasteiger charge is 2.21. The van der Waals surface area contributed by atoms with E-state index < -0.39 is 0 Å². The predicted molar refractivity (Wildman–Crippen MR) is 67.7 cm³/mol. The highest BCUT2D eigenvalue weighted by Crippen LogP contribution is 2.27. The average molecular weight is 228 g/mol. The van der Waals surface area contributed by atoms with Crippen LogP contribution in [0.2, 0.25) is 0 Å². The molecule has 17 heavy (non-hydrogen) atoms. The maximum Gasteiger partial charge on any atom is 0.239 e. The predicted octanol–water partition coefficient (Wildman–Crippen LogP) is 2.17. The van der Waals surface area contributed by atoms with Gasteiger partial charge in [-0.2, -0.15) is 0 Å². The van der Waals surface area contributed by atoms with Crippen molar-refractivity contribution in [1.29, 1.82) is 0 Å². The fourth-order valence-electron chi connectivity index (χ4n) is 2.07. The molecule has 3 heteroatoms. The molecule has 0 aliphatic heterocycles. The van der Waals surface area contributed by atoms with Crippen LogP contribution >= 0.6 is 0 Å². The lowest BCUT2D eigenvalue weighted by Crippen LogP contribution is -2.29. The molecule has 0 saturated heterocycles. The van der Waals surface area contributed by atoms with E-state index in [1.54, 1.807) is 0 Å². The average Bonchev–Trinajstić information content (AvgIpc) is 3.10. The first-order valence-electron chi connectivity index (χ1n) is 6.13.